The molecule has 15 nitrogen and oxygen atoms in total. The average molecular weight is 418 g/mol. The Kier molecular flexibility index (Phi) is 5.13. The monoisotopic (exact) mass is 418 g/mol. The van der Waals surface area contributed by atoms with Crippen LogP contribution in [0.2, 0.25) is 0 Å². The fourth-order valence-electron chi connectivity index (χ4n) is 2.75. The Morgan fingerprint density at radius 1 is 0.900 bits per heavy atom. The number of aliphatic hydroxyl groups excluding tert-OH is 1. The van der Waals surface area contributed by atoms with E-state index in [0.717, 1.165) is 0 Å². The maximum absolute atomic E-state index is 11.7. The van der Waals surface area contributed by atoms with Crippen molar-refractivity contribution in [1.82, 2.24) is 39.0 Å². The van der Waals surface area contributed by atoms with E-state index in [1.807, 2.05) is 0 Å². The number of ether oxygens (including phenoxy) is 2. The summed E-state index contributed by atoms with van der Waals surface area (Å²) < 4.78 is 13.8. The second-order valence-electron chi connectivity index (χ2n) is 6.33. The average Bonchev–Trinajstić information content (AvgIpc) is 3.27. The lowest BCUT2D eigenvalue weighted by Crippen LogP contribution is -2.23. The van der Waals surface area contributed by atoms with Gasteiger partial charge in [0.2, 0.25) is 11.9 Å². The predicted molar refractivity (Wildman–Crippen MR) is 103 cm³/mol. The zero-order chi connectivity index (χ0) is 21.3. The Morgan fingerprint density at radius 3 is 1.77 bits per heavy atom. The number of rotatable bonds is 8. The number of aliphatic hydroxyl groups is 1. The summed E-state index contributed by atoms with van der Waals surface area (Å²) in [6.45, 7) is -0.0923. The molecule has 0 aliphatic rings. The molecule has 30 heavy (non-hydrogen) atoms. The molecule has 0 fully saturated rings. The number of nitrogens with two attached hydrogens (primary N) is 2. The van der Waals surface area contributed by atoms with Crippen molar-refractivity contribution in [1.29, 1.82) is 0 Å². The van der Waals surface area contributed by atoms with Crippen LogP contribution < -0.4 is 22.6 Å². The van der Waals surface area contributed by atoms with Crippen LogP contribution in [0.3, 0.4) is 0 Å². The first kappa shape index (κ1) is 19.5. The quantitative estimate of drug-likeness (QED) is 0.205. The molecule has 0 saturated heterocycles. The predicted octanol–water partition coefficient (Wildman–Crippen LogP) is -2.27. The number of hydrogen-bond donors (Lipinski definition) is 5. The lowest BCUT2D eigenvalue weighted by Gasteiger charge is -2.13. The molecule has 15 heteroatoms. The standard InChI is InChI=1S/C15H18N10O5/c16-14-20-10-8(12(27)22-14)18-3-24(10)5-29-1-7(26)2-30-6-25-4-19-9-11(25)21-15(17)23-13(9)28/h3-4,7,26H,1-2,5-6H2,(H3,16,20,22,27)(H3,17,21,23,28). The summed E-state index contributed by atoms with van der Waals surface area (Å²) in [4.78, 5) is 44.1. The lowest BCUT2D eigenvalue weighted by atomic mass is 10.4. The molecule has 0 aliphatic heterocycles. The first-order valence-electron chi connectivity index (χ1n) is 8.67. The van der Waals surface area contributed by atoms with Gasteiger partial charge in [-0.3, -0.25) is 28.7 Å². The fourth-order valence-corrected chi connectivity index (χ4v) is 2.75. The van der Waals surface area contributed by atoms with Crippen molar-refractivity contribution in [2.75, 3.05) is 24.7 Å². The van der Waals surface area contributed by atoms with E-state index in [0.29, 0.717) is 0 Å². The number of aromatic nitrogens is 8. The van der Waals surface area contributed by atoms with Crippen LogP contribution in [-0.4, -0.2) is 63.5 Å². The summed E-state index contributed by atoms with van der Waals surface area (Å²) in [6, 6.07) is 0. The van der Waals surface area contributed by atoms with Crippen molar-refractivity contribution in [3.05, 3.63) is 33.4 Å². The van der Waals surface area contributed by atoms with E-state index in [4.69, 9.17) is 20.9 Å². The summed E-state index contributed by atoms with van der Waals surface area (Å²) in [5.41, 5.74) is 11.0. The molecular formula is C15H18N10O5. The molecular weight excluding hydrogens is 400 g/mol. The number of nitrogens with one attached hydrogen (secondary N) is 2. The minimum Gasteiger partial charge on any atom is -0.388 e. The number of aromatic amines is 2. The molecule has 0 aromatic carbocycles. The minimum absolute atomic E-state index is 0.00157. The van der Waals surface area contributed by atoms with Gasteiger partial charge >= 0.3 is 0 Å². The van der Waals surface area contributed by atoms with Gasteiger partial charge in [-0.1, -0.05) is 0 Å². The Morgan fingerprint density at radius 2 is 1.33 bits per heavy atom. The number of H-pyrrole nitrogens is 2. The van der Waals surface area contributed by atoms with E-state index in [-0.39, 0.29) is 60.9 Å². The van der Waals surface area contributed by atoms with Gasteiger partial charge in [0.1, 0.15) is 19.6 Å². The maximum atomic E-state index is 11.7. The minimum atomic E-state index is -0.933. The molecule has 0 radical (unpaired) electrons. The summed E-state index contributed by atoms with van der Waals surface area (Å²) in [5.74, 6) is -0.0686. The molecule has 0 amide bonds. The smallest absolute Gasteiger partial charge is 0.280 e. The van der Waals surface area contributed by atoms with Gasteiger partial charge in [-0.15, -0.1) is 0 Å². The van der Waals surface area contributed by atoms with Gasteiger partial charge in [-0.25, -0.2) is 9.97 Å². The van der Waals surface area contributed by atoms with Crippen LogP contribution in [0.4, 0.5) is 11.9 Å². The van der Waals surface area contributed by atoms with E-state index < -0.39 is 17.2 Å². The topological polar surface area (TPSA) is 218 Å². The molecule has 4 aromatic heterocycles. The Balaban J connectivity index is 1.29. The molecule has 4 aromatic rings. The normalized spacial score (nSPS) is 11.8. The van der Waals surface area contributed by atoms with Crippen LogP contribution in [0.5, 0.6) is 0 Å². The summed E-state index contributed by atoms with van der Waals surface area (Å²) in [5, 5.41) is 10.0. The largest absolute Gasteiger partial charge is 0.388 e. The summed E-state index contributed by atoms with van der Waals surface area (Å²) in [7, 11) is 0. The highest BCUT2D eigenvalue weighted by Crippen LogP contribution is 2.08. The number of nitrogen functional groups attached to an aromatic ring is 2. The molecule has 0 unspecified atom stereocenters. The zero-order valence-corrected chi connectivity index (χ0v) is 15.5. The number of anilines is 2. The number of imidazole rings is 2. The first-order chi connectivity index (χ1) is 14.4. The van der Waals surface area contributed by atoms with Gasteiger partial charge in [0.05, 0.1) is 25.9 Å². The highest BCUT2D eigenvalue weighted by atomic mass is 16.5. The van der Waals surface area contributed by atoms with Gasteiger partial charge in [-0.05, 0) is 0 Å². The van der Waals surface area contributed by atoms with Crippen molar-refractivity contribution >= 4 is 34.2 Å². The molecule has 0 bridgehead atoms. The van der Waals surface area contributed by atoms with Gasteiger partial charge < -0.3 is 26.0 Å². The van der Waals surface area contributed by atoms with Crippen molar-refractivity contribution in [3.63, 3.8) is 0 Å². The van der Waals surface area contributed by atoms with Crippen LogP contribution in [0.15, 0.2) is 22.2 Å². The second kappa shape index (κ2) is 7.90. The molecule has 158 valence electrons. The third-order valence-corrected chi connectivity index (χ3v) is 4.07. The first-order valence-corrected chi connectivity index (χ1v) is 8.67. The maximum Gasteiger partial charge on any atom is 0.280 e. The summed E-state index contributed by atoms with van der Waals surface area (Å²) in [6.07, 6.45) is 1.84. The third-order valence-electron chi connectivity index (χ3n) is 4.07. The highest BCUT2D eigenvalue weighted by molar-refractivity contribution is 5.71. The van der Waals surface area contributed by atoms with Crippen LogP contribution in [0, 0.1) is 0 Å². The van der Waals surface area contributed by atoms with Gasteiger partial charge in [0.25, 0.3) is 11.1 Å². The van der Waals surface area contributed by atoms with Crippen LogP contribution in [0.25, 0.3) is 22.3 Å². The Labute approximate surface area is 166 Å². The highest BCUT2D eigenvalue weighted by Gasteiger charge is 2.12. The van der Waals surface area contributed by atoms with Gasteiger partial charge in [0.15, 0.2) is 22.3 Å². The SMILES string of the molecule is Nc1nc2c(ncn2COCC(O)COCn2cnc3c(=O)[nH]c(N)nc32)c(=O)[nH]1. The zero-order valence-electron chi connectivity index (χ0n) is 15.5. The lowest BCUT2D eigenvalue weighted by molar-refractivity contribution is -0.0478. The molecule has 4 rings (SSSR count). The molecule has 7 N–H and O–H groups in total. The Bertz CT molecular complexity index is 1200. The van der Waals surface area contributed by atoms with Gasteiger partial charge in [-0.2, -0.15) is 9.97 Å². The second-order valence-corrected chi connectivity index (χ2v) is 6.33. The van der Waals surface area contributed by atoms with Crippen LogP contribution in [-0.2, 0) is 22.9 Å². The number of nitrogens with zero attached hydrogens (tertiary/aromatic N) is 6. The Hall–Kier alpha value is -3.82. The summed E-state index contributed by atoms with van der Waals surface area (Å²) >= 11 is 0. The van der Waals surface area contributed by atoms with Crippen molar-refractivity contribution in [3.8, 4) is 0 Å². The van der Waals surface area contributed by atoms with Crippen LogP contribution >= 0.6 is 0 Å². The molecule has 0 spiro atoms. The van der Waals surface area contributed by atoms with E-state index >= 15 is 0 Å². The van der Waals surface area contributed by atoms with E-state index in [1.54, 1.807) is 0 Å². The van der Waals surface area contributed by atoms with Gasteiger partial charge in [0, 0.05) is 0 Å². The molecule has 0 atom stereocenters. The molecule has 4 heterocycles. The number of fused-ring (bicyclic) bond motifs is 2. The third kappa shape index (κ3) is 3.84. The van der Waals surface area contributed by atoms with Crippen molar-refractivity contribution in [2.24, 2.45) is 0 Å². The van der Waals surface area contributed by atoms with Crippen molar-refractivity contribution < 1.29 is 14.6 Å². The van der Waals surface area contributed by atoms with Crippen molar-refractivity contribution in [2.45, 2.75) is 19.6 Å². The number of hydrogen-bond acceptors (Lipinski definition) is 11. The van der Waals surface area contributed by atoms with E-state index in [2.05, 4.69) is 29.9 Å². The molecule has 0 saturated carbocycles. The fraction of sp³-hybridized carbons (Fsp3) is 0.333. The van der Waals surface area contributed by atoms with E-state index in [9.17, 15) is 14.7 Å². The van der Waals surface area contributed by atoms with E-state index in [1.165, 1.54) is 21.8 Å². The molecule has 0 aliphatic carbocycles. The van der Waals surface area contributed by atoms with Crippen LogP contribution in [0.1, 0.15) is 0 Å².